The molecule has 0 radical (unpaired) electrons. The molecule has 0 aromatic heterocycles. The number of carbonyl (C=O) groups is 1. The maximum absolute atomic E-state index is 12.6. The lowest BCUT2D eigenvalue weighted by molar-refractivity contribution is -0.130. The third kappa shape index (κ3) is 9.41. The van der Waals surface area contributed by atoms with Crippen molar-refractivity contribution in [2.24, 2.45) is 22.2 Å². The molecular weight excluding hydrogens is 302 g/mol. The second kappa shape index (κ2) is 6.87. The largest absolute Gasteiger partial charge is 0.355 e. The molecule has 6 heteroatoms. The van der Waals surface area contributed by atoms with Crippen molar-refractivity contribution >= 4 is 16.0 Å². The van der Waals surface area contributed by atoms with Gasteiger partial charge in [0.25, 0.3) is 10.1 Å². The summed E-state index contributed by atoms with van der Waals surface area (Å²) in [5.74, 6) is -0.598. The Kier molecular flexibility index (Phi) is 6.68. The van der Waals surface area contributed by atoms with Gasteiger partial charge in [0, 0.05) is 12.5 Å². The van der Waals surface area contributed by atoms with Crippen LogP contribution >= 0.6 is 0 Å². The molecule has 0 saturated heterocycles. The molecule has 0 aromatic rings. The van der Waals surface area contributed by atoms with Crippen LogP contribution in [0.2, 0.25) is 0 Å². The summed E-state index contributed by atoms with van der Waals surface area (Å²) in [7, 11) is -4.06. The molecule has 0 aromatic carbocycles. The number of nitrogens with one attached hydrogen (secondary N) is 1. The minimum atomic E-state index is -4.06. The Morgan fingerprint density at radius 3 is 1.82 bits per heavy atom. The predicted molar refractivity (Wildman–Crippen MR) is 90.2 cm³/mol. The van der Waals surface area contributed by atoms with Gasteiger partial charge in [-0.3, -0.25) is 9.35 Å². The number of rotatable bonds is 6. The molecule has 1 unspecified atom stereocenters. The summed E-state index contributed by atoms with van der Waals surface area (Å²) in [4.78, 5) is 12.6. The van der Waals surface area contributed by atoms with E-state index in [1.54, 1.807) is 13.8 Å². The fraction of sp³-hybridized carbons (Fsp3) is 0.938. The van der Waals surface area contributed by atoms with E-state index in [0.717, 1.165) is 6.42 Å². The monoisotopic (exact) mass is 335 g/mol. The Morgan fingerprint density at radius 2 is 1.50 bits per heavy atom. The Balaban J connectivity index is 4.92. The van der Waals surface area contributed by atoms with Gasteiger partial charge < -0.3 is 5.32 Å². The van der Waals surface area contributed by atoms with Crippen molar-refractivity contribution in [3.63, 3.8) is 0 Å². The second-order valence-corrected chi connectivity index (χ2v) is 10.7. The Bertz CT molecular complexity index is 481. The number of amides is 1. The summed E-state index contributed by atoms with van der Waals surface area (Å²) in [6.45, 7) is 16.0. The van der Waals surface area contributed by atoms with E-state index in [1.807, 2.05) is 20.8 Å². The quantitative estimate of drug-likeness (QED) is 0.731. The molecule has 0 aliphatic rings. The minimum Gasteiger partial charge on any atom is -0.355 e. The average Bonchev–Trinajstić information content (AvgIpc) is 2.16. The predicted octanol–water partition coefficient (Wildman–Crippen LogP) is 3.12. The minimum absolute atomic E-state index is 0.0270. The summed E-state index contributed by atoms with van der Waals surface area (Å²) in [5, 5.41) is 2.86. The van der Waals surface area contributed by atoms with Gasteiger partial charge in [-0.05, 0) is 22.7 Å². The molecule has 1 amide bonds. The van der Waals surface area contributed by atoms with Crippen molar-refractivity contribution < 1.29 is 17.8 Å². The van der Waals surface area contributed by atoms with Gasteiger partial charge in [-0.25, -0.2) is 0 Å². The number of hydrogen-bond acceptors (Lipinski definition) is 3. The average molecular weight is 336 g/mol. The van der Waals surface area contributed by atoms with Crippen molar-refractivity contribution in [3.8, 4) is 0 Å². The van der Waals surface area contributed by atoms with Crippen LogP contribution < -0.4 is 5.32 Å². The molecule has 22 heavy (non-hydrogen) atoms. The molecule has 1 atom stereocenters. The first-order valence-corrected chi connectivity index (χ1v) is 9.27. The first kappa shape index (κ1) is 21.4. The molecule has 132 valence electrons. The van der Waals surface area contributed by atoms with E-state index in [-0.39, 0.29) is 35.0 Å². The zero-order valence-electron chi connectivity index (χ0n) is 15.3. The molecule has 2 N–H and O–H groups in total. The zero-order chi connectivity index (χ0) is 18.0. The maximum atomic E-state index is 12.6. The molecule has 0 saturated carbocycles. The third-order valence-electron chi connectivity index (χ3n) is 3.49. The molecule has 0 fully saturated rings. The van der Waals surface area contributed by atoms with Gasteiger partial charge in [0.05, 0.1) is 5.75 Å². The molecule has 0 aliphatic carbocycles. The number of hydrogen-bond donors (Lipinski definition) is 2. The van der Waals surface area contributed by atoms with Crippen LogP contribution in [-0.2, 0) is 14.9 Å². The molecular formula is C16H33NO4S. The van der Waals surface area contributed by atoms with E-state index in [2.05, 4.69) is 26.1 Å². The first-order chi connectivity index (χ1) is 9.43. The summed E-state index contributed by atoms with van der Waals surface area (Å²) < 4.78 is 31.0. The summed E-state index contributed by atoms with van der Waals surface area (Å²) >= 11 is 0. The molecule has 0 rings (SSSR count). The summed E-state index contributed by atoms with van der Waals surface area (Å²) in [6, 6.07) is 0. The van der Waals surface area contributed by atoms with E-state index in [1.165, 1.54) is 0 Å². The van der Waals surface area contributed by atoms with Gasteiger partial charge in [0.1, 0.15) is 0 Å². The van der Waals surface area contributed by atoms with Crippen LogP contribution in [0.15, 0.2) is 0 Å². The van der Waals surface area contributed by atoms with Crippen LogP contribution in [0, 0.1) is 22.2 Å². The Hall–Kier alpha value is -0.620. The van der Waals surface area contributed by atoms with Gasteiger partial charge >= 0.3 is 0 Å². The van der Waals surface area contributed by atoms with Crippen molar-refractivity contribution in [1.82, 2.24) is 5.32 Å². The van der Waals surface area contributed by atoms with Gasteiger partial charge in [0.15, 0.2) is 0 Å². The van der Waals surface area contributed by atoms with Crippen LogP contribution in [0.5, 0.6) is 0 Å². The highest BCUT2D eigenvalue weighted by Gasteiger charge is 2.35. The van der Waals surface area contributed by atoms with Gasteiger partial charge in [-0.2, -0.15) is 8.42 Å². The van der Waals surface area contributed by atoms with Gasteiger partial charge in [-0.15, -0.1) is 0 Å². The Labute approximate surface area is 136 Å². The van der Waals surface area contributed by atoms with E-state index >= 15 is 0 Å². The highest BCUT2D eigenvalue weighted by atomic mass is 32.2. The second-order valence-electron chi connectivity index (χ2n) is 9.29. The van der Waals surface area contributed by atoms with E-state index < -0.39 is 15.5 Å². The van der Waals surface area contributed by atoms with Crippen LogP contribution in [0.3, 0.4) is 0 Å². The first-order valence-electron chi connectivity index (χ1n) is 7.66. The van der Waals surface area contributed by atoms with Crippen molar-refractivity contribution in [2.75, 3.05) is 12.3 Å². The fourth-order valence-corrected chi connectivity index (χ4v) is 3.49. The van der Waals surface area contributed by atoms with Crippen LogP contribution in [0.4, 0.5) is 0 Å². The van der Waals surface area contributed by atoms with Crippen LogP contribution in [-0.4, -0.2) is 31.2 Å². The van der Waals surface area contributed by atoms with Gasteiger partial charge in [0.2, 0.25) is 5.91 Å². The highest BCUT2D eigenvalue weighted by Crippen LogP contribution is 2.36. The summed E-state index contributed by atoms with van der Waals surface area (Å²) in [5.41, 5.74) is -0.864. The molecule has 0 bridgehead atoms. The Morgan fingerprint density at radius 1 is 1.05 bits per heavy atom. The molecule has 0 heterocycles. The maximum Gasteiger partial charge on any atom is 0.265 e. The SMILES string of the molecule is CC(C)(C)CC(C(=O)NCC(C)(C)CS(=O)(=O)O)C(C)(C)C. The summed E-state index contributed by atoms with van der Waals surface area (Å²) in [6.07, 6.45) is 0.751. The standard InChI is InChI=1S/C16H33NO4S/c1-14(2,3)9-12(15(4,5)6)13(18)17-10-16(7,8)11-22(19,20)21/h12H,9-11H2,1-8H3,(H,17,18)(H,19,20,21). The molecule has 0 spiro atoms. The lowest BCUT2D eigenvalue weighted by Crippen LogP contribution is -2.44. The van der Waals surface area contributed by atoms with Crippen LogP contribution in [0.25, 0.3) is 0 Å². The van der Waals surface area contributed by atoms with E-state index in [0.29, 0.717) is 0 Å². The fourth-order valence-electron chi connectivity index (χ4n) is 2.40. The normalized spacial score (nSPS) is 15.5. The van der Waals surface area contributed by atoms with Crippen molar-refractivity contribution in [2.45, 2.75) is 61.8 Å². The zero-order valence-corrected chi connectivity index (χ0v) is 16.1. The van der Waals surface area contributed by atoms with Crippen LogP contribution in [0.1, 0.15) is 61.8 Å². The lowest BCUT2D eigenvalue weighted by atomic mass is 9.71. The smallest absolute Gasteiger partial charge is 0.265 e. The van der Waals surface area contributed by atoms with Crippen molar-refractivity contribution in [1.29, 1.82) is 0 Å². The van der Waals surface area contributed by atoms with E-state index in [4.69, 9.17) is 4.55 Å². The highest BCUT2D eigenvalue weighted by molar-refractivity contribution is 7.85. The molecule has 0 aliphatic heterocycles. The number of carbonyl (C=O) groups excluding carboxylic acids is 1. The topological polar surface area (TPSA) is 83.5 Å². The third-order valence-corrected chi connectivity index (χ3v) is 4.64. The van der Waals surface area contributed by atoms with E-state index in [9.17, 15) is 13.2 Å². The lowest BCUT2D eigenvalue weighted by Gasteiger charge is -2.35. The molecule has 5 nitrogen and oxygen atoms in total. The van der Waals surface area contributed by atoms with Crippen molar-refractivity contribution in [3.05, 3.63) is 0 Å². The van der Waals surface area contributed by atoms with Gasteiger partial charge in [-0.1, -0.05) is 55.4 Å².